The van der Waals surface area contributed by atoms with Crippen LogP contribution in [0.1, 0.15) is 36.0 Å². The van der Waals surface area contributed by atoms with Crippen molar-refractivity contribution in [3.8, 4) is 0 Å². The molecule has 2 amide bonds. The van der Waals surface area contributed by atoms with Crippen LogP contribution < -0.4 is 4.90 Å². The van der Waals surface area contributed by atoms with Gasteiger partial charge >= 0.3 is 0 Å². The molecule has 0 aromatic heterocycles. The molecule has 2 heterocycles. The lowest BCUT2D eigenvalue weighted by atomic mass is 10.1. The molecule has 0 bridgehead atoms. The van der Waals surface area contributed by atoms with Gasteiger partial charge in [0.1, 0.15) is 0 Å². The van der Waals surface area contributed by atoms with Crippen molar-refractivity contribution in [1.82, 2.24) is 4.90 Å². The highest BCUT2D eigenvalue weighted by Gasteiger charge is 2.29. The van der Waals surface area contributed by atoms with Gasteiger partial charge in [0.15, 0.2) is 0 Å². The molecule has 2 aliphatic heterocycles. The predicted octanol–water partition coefficient (Wildman–Crippen LogP) is 2.06. The minimum atomic E-state index is 0.0545. The largest absolute Gasteiger partial charge is 0.383 e. The summed E-state index contributed by atoms with van der Waals surface area (Å²) in [4.78, 5) is 28.1. The number of hydrogen-bond donors (Lipinski definition) is 0. The molecule has 1 atom stereocenters. The molecule has 2 fully saturated rings. The van der Waals surface area contributed by atoms with Crippen molar-refractivity contribution >= 4 is 17.5 Å². The van der Waals surface area contributed by atoms with Gasteiger partial charge in [0.05, 0.1) is 12.6 Å². The number of carbonyl (C=O) groups excluding carboxylic acids is 2. The third-order valence-corrected chi connectivity index (χ3v) is 4.50. The zero-order valence-electron chi connectivity index (χ0n) is 13.0. The van der Waals surface area contributed by atoms with E-state index >= 15 is 0 Å². The van der Waals surface area contributed by atoms with E-state index in [1.807, 2.05) is 29.2 Å². The summed E-state index contributed by atoms with van der Waals surface area (Å²) >= 11 is 0. The van der Waals surface area contributed by atoms with Crippen molar-refractivity contribution in [3.63, 3.8) is 0 Å². The van der Waals surface area contributed by atoms with Crippen LogP contribution in [0.5, 0.6) is 0 Å². The molecule has 0 saturated carbocycles. The zero-order valence-corrected chi connectivity index (χ0v) is 13.0. The van der Waals surface area contributed by atoms with Crippen molar-refractivity contribution in [2.24, 2.45) is 0 Å². The van der Waals surface area contributed by atoms with Crippen LogP contribution in [-0.2, 0) is 9.53 Å². The molecule has 1 aromatic carbocycles. The van der Waals surface area contributed by atoms with Gasteiger partial charge in [0.25, 0.3) is 5.91 Å². The van der Waals surface area contributed by atoms with E-state index in [2.05, 4.69) is 0 Å². The Bertz CT molecular complexity index is 556. The maximum atomic E-state index is 12.6. The van der Waals surface area contributed by atoms with Crippen molar-refractivity contribution in [1.29, 1.82) is 0 Å². The number of likely N-dealkylation sites (tertiary alicyclic amines) is 1. The first-order valence-electron chi connectivity index (χ1n) is 7.91. The van der Waals surface area contributed by atoms with Gasteiger partial charge in [0, 0.05) is 37.9 Å². The molecule has 22 heavy (non-hydrogen) atoms. The maximum absolute atomic E-state index is 12.6. The highest BCUT2D eigenvalue weighted by Crippen LogP contribution is 2.24. The fourth-order valence-corrected chi connectivity index (χ4v) is 3.34. The van der Waals surface area contributed by atoms with Crippen LogP contribution in [0.2, 0.25) is 0 Å². The second-order valence-corrected chi connectivity index (χ2v) is 5.95. The van der Waals surface area contributed by atoms with E-state index in [1.165, 1.54) is 0 Å². The minimum Gasteiger partial charge on any atom is -0.383 e. The van der Waals surface area contributed by atoms with Crippen LogP contribution in [0.3, 0.4) is 0 Å². The number of rotatable bonds is 4. The smallest absolute Gasteiger partial charge is 0.254 e. The quantitative estimate of drug-likeness (QED) is 0.855. The average molecular weight is 302 g/mol. The Morgan fingerprint density at radius 3 is 2.64 bits per heavy atom. The van der Waals surface area contributed by atoms with Gasteiger partial charge < -0.3 is 14.5 Å². The number of ether oxygens (including phenoxy) is 1. The topological polar surface area (TPSA) is 49.9 Å². The van der Waals surface area contributed by atoms with E-state index in [4.69, 9.17) is 4.74 Å². The summed E-state index contributed by atoms with van der Waals surface area (Å²) in [6.45, 7) is 2.15. The Morgan fingerprint density at radius 2 is 2.00 bits per heavy atom. The van der Waals surface area contributed by atoms with E-state index in [-0.39, 0.29) is 17.9 Å². The third kappa shape index (κ3) is 2.86. The lowest BCUT2D eigenvalue weighted by Gasteiger charge is -2.24. The molecule has 0 N–H and O–H groups in total. The number of nitrogens with zero attached hydrogens (tertiary/aromatic N) is 2. The first-order chi connectivity index (χ1) is 10.7. The van der Waals surface area contributed by atoms with Gasteiger partial charge in [-0.15, -0.1) is 0 Å². The van der Waals surface area contributed by atoms with Gasteiger partial charge in [-0.05, 0) is 43.5 Å². The molecule has 1 aromatic rings. The lowest BCUT2D eigenvalue weighted by Crippen LogP contribution is -2.38. The molecule has 5 heteroatoms. The molecule has 118 valence electrons. The van der Waals surface area contributed by atoms with Crippen LogP contribution in [0.4, 0.5) is 5.69 Å². The normalized spacial score (nSPS) is 21.7. The molecular weight excluding hydrogens is 280 g/mol. The van der Waals surface area contributed by atoms with Gasteiger partial charge in [-0.3, -0.25) is 9.59 Å². The fourth-order valence-electron chi connectivity index (χ4n) is 3.34. The summed E-state index contributed by atoms with van der Waals surface area (Å²) in [7, 11) is 1.67. The molecule has 0 spiro atoms. The SMILES string of the molecule is COC[C@H]1CCCN1C(=O)c1ccc(N2CCCC2=O)cc1. The first kappa shape index (κ1) is 15.0. The van der Waals surface area contributed by atoms with E-state index < -0.39 is 0 Å². The Kier molecular flexibility index (Phi) is 4.43. The van der Waals surface area contributed by atoms with Crippen molar-refractivity contribution in [2.45, 2.75) is 31.7 Å². The Balaban J connectivity index is 1.72. The van der Waals surface area contributed by atoms with E-state index in [0.717, 1.165) is 38.0 Å². The lowest BCUT2D eigenvalue weighted by molar-refractivity contribution is -0.117. The van der Waals surface area contributed by atoms with Crippen LogP contribution in [0.15, 0.2) is 24.3 Å². The monoisotopic (exact) mass is 302 g/mol. The van der Waals surface area contributed by atoms with Crippen molar-refractivity contribution < 1.29 is 14.3 Å². The number of amides is 2. The molecule has 0 unspecified atom stereocenters. The summed E-state index contributed by atoms with van der Waals surface area (Å²) in [6, 6.07) is 7.57. The Hall–Kier alpha value is -1.88. The zero-order chi connectivity index (χ0) is 15.5. The summed E-state index contributed by atoms with van der Waals surface area (Å²) < 4.78 is 5.20. The van der Waals surface area contributed by atoms with Gasteiger partial charge in [-0.1, -0.05) is 0 Å². The standard InChI is InChI=1S/C17H22N2O3/c1-22-12-15-4-2-11-19(15)17(21)13-6-8-14(9-7-13)18-10-3-5-16(18)20/h6-9,15H,2-5,10-12H2,1H3/t15-/m1/s1. The second kappa shape index (κ2) is 6.48. The molecule has 0 radical (unpaired) electrons. The maximum Gasteiger partial charge on any atom is 0.254 e. The van der Waals surface area contributed by atoms with E-state index in [9.17, 15) is 9.59 Å². The van der Waals surface area contributed by atoms with Crippen LogP contribution in [0.25, 0.3) is 0 Å². The van der Waals surface area contributed by atoms with Crippen molar-refractivity contribution in [2.75, 3.05) is 31.7 Å². The molecule has 5 nitrogen and oxygen atoms in total. The highest BCUT2D eigenvalue weighted by molar-refractivity contribution is 5.97. The highest BCUT2D eigenvalue weighted by atomic mass is 16.5. The number of hydrogen-bond acceptors (Lipinski definition) is 3. The van der Waals surface area contributed by atoms with Crippen LogP contribution >= 0.6 is 0 Å². The molecule has 0 aliphatic carbocycles. The Morgan fingerprint density at radius 1 is 1.23 bits per heavy atom. The summed E-state index contributed by atoms with van der Waals surface area (Å²) in [5, 5.41) is 0. The molecule has 2 aliphatic rings. The average Bonchev–Trinajstić information content (AvgIpc) is 3.16. The third-order valence-electron chi connectivity index (χ3n) is 4.50. The molecule has 3 rings (SSSR count). The number of anilines is 1. The van der Waals surface area contributed by atoms with Gasteiger partial charge in [-0.25, -0.2) is 0 Å². The predicted molar refractivity (Wildman–Crippen MR) is 84.0 cm³/mol. The summed E-state index contributed by atoms with van der Waals surface area (Å²) in [5.74, 6) is 0.220. The first-order valence-corrected chi connectivity index (χ1v) is 7.91. The van der Waals surface area contributed by atoms with Gasteiger partial charge in [0.2, 0.25) is 5.91 Å². The number of methoxy groups -OCH3 is 1. The fraction of sp³-hybridized carbons (Fsp3) is 0.529. The number of benzene rings is 1. The van der Waals surface area contributed by atoms with Crippen molar-refractivity contribution in [3.05, 3.63) is 29.8 Å². The Labute approximate surface area is 130 Å². The van der Waals surface area contributed by atoms with Gasteiger partial charge in [-0.2, -0.15) is 0 Å². The summed E-state index contributed by atoms with van der Waals surface area (Å²) in [6.07, 6.45) is 3.55. The number of carbonyl (C=O) groups is 2. The van der Waals surface area contributed by atoms with Crippen LogP contribution in [0, 0.1) is 0 Å². The summed E-state index contributed by atoms with van der Waals surface area (Å²) in [5.41, 5.74) is 1.56. The van der Waals surface area contributed by atoms with E-state index in [1.54, 1.807) is 12.0 Å². The minimum absolute atomic E-state index is 0.0545. The van der Waals surface area contributed by atoms with Crippen LogP contribution in [-0.4, -0.2) is 49.6 Å². The molecule has 2 saturated heterocycles. The molecular formula is C17H22N2O3. The van der Waals surface area contributed by atoms with E-state index in [0.29, 0.717) is 18.6 Å². The second-order valence-electron chi connectivity index (χ2n) is 5.95.